The van der Waals surface area contributed by atoms with Crippen molar-refractivity contribution in [1.29, 1.82) is 0 Å². The summed E-state index contributed by atoms with van der Waals surface area (Å²) in [6.45, 7) is 3.64. The Labute approximate surface area is 220 Å². The molecule has 6 nitrogen and oxygen atoms in total. The highest BCUT2D eigenvalue weighted by Gasteiger charge is 2.16. The molecule has 0 saturated heterocycles. The minimum atomic E-state index is -0.353. The van der Waals surface area contributed by atoms with Crippen LogP contribution in [0.3, 0.4) is 0 Å². The molecule has 1 amide bonds. The number of nitrogens with one attached hydrogen (secondary N) is 1. The van der Waals surface area contributed by atoms with Gasteiger partial charge in [-0.1, -0.05) is 61.3 Å². The molecule has 1 heterocycles. The predicted molar refractivity (Wildman–Crippen MR) is 143 cm³/mol. The molecule has 0 bridgehead atoms. The van der Waals surface area contributed by atoms with E-state index in [4.69, 9.17) is 9.26 Å². The first-order valence-corrected chi connectivity index (χ1v) is 12.5. The lowest BCUT2D eigenvalue weighted by molar-refractivity contribution is -0.119. The van der Waals surface area contributed by atoms with Crippen LogP contribution in [0, 0.1) is 0 Å². The van der Waals surface area contributed by atoms with Crippen LogP contribution in [0.1, 0.15) is 36.9 Å². The van der Waals surface area contributed by atoms with Gasteiger partial charge in [-0.05, 0) is 78.2 Å². The van der Waals surface area contributed by atoms with Crippen molar-refractivity contribution in [3.8, 4) is 17.1 Å². The molecule has 4 aromatic rings. The monoisotopic (exact) mass is 595 g/mol. The van der Waals surface area contributed by atoms with Gasteiger partial charge in [-0.3, -0.25) is 4.79 Å². The Kier molecular flexibility index (Phi) is 8.15. The van der Waals surface area contributed by atoms with Crippen LogP contribution >= 0.6 is 31.9 Å². The highest BCUT2D eigenvalue weighted by Crippen LogP contribution is 2.27. The molecule has 1 atom stereocenters. The fourth-order valence-electron chi connectivity index (χ4n) is 3.48. The summed E-state index contributed by atoms with van der Waals surface area (Å²) in [6.07, 6.45) is 2.08. The highest BCUT2D eigenvalue weighted by atomic mass is 79.9. The maximum absolute atomic E-state index is 11.2. The number of hydrogen-bond donors (Lipinski definition) is 1. The van der Waals surface area contributed by atoms with Gasteiger partial charge in [0, 0.05) is 21.4 Å². The molecule has 0 aliphatic rings. The van der Waals surface area contributed by atoms with Gasteiger partial charge in [-0.25, -0.2) is 0 Å². The third-order valence-corrected chi connectivity index (χ3v) is 6.25. The molecule has 0 fully saturated rings. The first-order chi connectivity index (χ1) is 16.9. The molecule has 0 aliphatic heterocycles. The second kappa shape index (κ2) is 11.5. The molecule has 0 saturated carbocycles. The molecule has 178 valence electrons. The van der Waals surface area contributed by atoms with Crippen molar-refractivity contribution in [2.45, 2.75) is 19.9 Å². The first kappa shape index (κ1) is 24.9. The topological polar surface area (TPSA) is 77.2 Å². The van der Waals surface area contributed by atoms with E-state index in [1.807, 2.05) is 48.5 Å². The van der Waals surface area contributed by atoms with E-state index in [0.717, 1.165) is 37.0 Å². The van der Waals surface area contributed by atoms with Crippen LogP contribution < -0.4 is 10.1 Å². The van der Waals surface area contributed by atoms with Gasteiger partial charge < -0.3 is 14.6 Å². The molecule has 3 aromatic carbocycles. The quantitative estimate of drug-likeness (QED) is 0.238. The Bertz CT molecular complexity index is 1270. The van der Waals surface area contributed by atoms with E-state index < -0.39 is 0 Å². The Hall–Kier alpha value is -3.23. The van der Waals surface area contributed by atoms with E-state index in [1.165, 1.54) is 6.92 Å². The summed E-state index contributed by atoms with van der Waals surface area (Å²) in [7, 11) is 0. The SMILES string of the molecule is CC(=O)NC(C)c1nc(-c2ccc(OCC=C(c3ccc(Br)cc3)c3ccc(Br)cc3)cc2)no1. The predicted octanol–water partition coefficient (Wildman–Crippen LogP) is 6.97. The van der Waals surface area contributed by atoms with Crippen LogP contribution in [0.4, 0.5) is 0 Å². The lowest BCUT2D eigenvalue weighted by Crippen LogP contribution is -2.23. The molecule has 35 heavy (non-hydrogen) atoms. The van der Waals surface area contributed by atoms with Crippen LogP contribution in [0.25, 0.3) is 17.0 Å². The number of amides is 1. The molecule has 0 spiro atoms. The summed E-state index contributed by atoms with van der Waals surface area (Å²) in [5, 5.41) is 6.74. The van der Waals surface area contributed by atoms with Crippen molar-refractivity contribution >= 4 is 43.3 Å². The standard InChI is InChI=1S/C27H23Br2N3O3/c1-17(30-18(2)33)27-31-26(32-35-27)21-7-13-24(14-8-21)34-16-15-25(19-3-9-22(28)10-4-19)20-5-11-23(29)12-6-20/h3-15,17H,16H2,1-2H3,(H,30,33). The van der Waals surface area contributed by atoms with E-state index >= 15 is 0 Å². The third kappa shape index (κ3) is 6.68. The first-order valence-electron chi connectivity index (χ1n) is 10.9. The lowest BCUT2D eigenvalue weighted by Gasteiger charge is -2.11. The molecule has 0 radical (unpaired) electrons. The summed E-state index contributed by atoms with van der Waals surface area (Å²) in [5.41, 5.74) is 4.10. The van der Waals surface area contributed by atoms with Crippen LogP contribution in [-0.2, 0) is 4.79 Å². The minimum absolute atomic E-state index is 0.156. The van der Waals surface area contributed by atoms with Crippen molar-refractivity contribution in [2.75, 3.05) is 6.61 Å². The van der Waals surface area contributed by atoms with E-state index in [2.05, 4.69) is 77.7 Å². The van der Waals surface area contributed by atoms with Crippen molar-refractivity contribution in [2.24, 2.45) is 0 Å². The van der Waals surface area contributed by atoms with Crippen LogP contribution in [-0.4, -0.2) is 22.7 Å². The van der Waals surface area contributed by atoms with Crippen LogP contribution in [0.15, 0.2) is 92.3 Å². The van der Waals surface area contributed by atoms with Crippen LogP contribution in [0.2, 0.25) is 0 Å². The van der Waals surface area contributed by atoms with Gasteiger partial charge in [0.25, 0.3) is 0 Å². The van der Waals surface area contributed by atoms with E-state index in [9.17, 15) is 4.79 Å². The number of carbonyl (C=O) groups is 1. The van der Waals surface area contributed by atoms with E-state index in [0.29, 0.717) is 18.3 Å². The number of benzene rings is 3. The van der Waals surface area contributed by atoms with Crippen molar-refractivity contribution < 1.29 is 14.1 Å². The average molecular weight is 597 g/mol. The van der Waals surface area contributed by atoms with Gasteiger partial charge >= 0.3 is 0 Å². The fourth-order valence-corrected chi connectivity index (χ4v) is 4.01. The lowest BCUT2D eigenvalue weighted by atomic mass is 9.98. The Morgan fingerprint density at radius 1 is 0.971 bits per heavy atom. The molecule has 0 aliphatic carbocycles. The van der Waals surface area contributed by atoms with E-state index in [1.54, 1.807) is 6.92 Å². The largest absolute Gasteiger partial charge is 0.490 e. The van der Waals surface area contributed by atoms with Crippen LogP contribution in [0.5, 0.6) is 5.75 Å². The Morgan fingerprint density at radius 3 is 2.09 bits per heavy atom. The Morgan fingerprint density at radius 2 is 1.54 bits per heavy atom. The number of carbonyl (C=O) groups excluding carboxylic acids is 1. The molecule has 1 aromatic heterocycles. The van der Waals surface area contributed by atoms with Crippen molar-refractivity contribution in [3.63, 3.8) is 0 Å². The molecule has 8 heteroatoms. The fraction of sp³-hybridized carbons (Fsp3) is 0.148. The van der Waals surface area contributed by atoms with Gasteiger partial charge in [0.1, 0.15) is 18.4 Å². The van der Waals surface area contributed by atoms with Crippen molar-refractivity contribution in [1.82, 2.24) is 15.5 Å². The van der Waals surface area contributed by atoms with Gasteiger partial charge in [-0.2, -0.15) is 4.98 Å². The zero-order valence-electron chi connectivity index (χ0n) is 19.2. The second-order valence-electron chi connectivity index (χ2n) is 7.85. The number of halogens is 2. The second-order valence-corrected chi connectivity index (χ2v) is 9.68. The molecule has 1 N–H and O–H groups in total. The zero-order valence-corrected chi connectivity index (χ0v) is 22.3. The normalized spacial score (nSPS) is 11.5. The van der Waals surface area contributed by atoms with E-state index in [-0.39, 0.29) is 11.9 Å². The molecule has 1 unspecified atom stereocenters. The third-order valence-electron chi connectivity index (χ3n) is 5.19. The average Bonchev–Trinajstić information content (AvgIpc) is 3.34. The molecular formula is C27H23Br2N3O3. The molecular weight excluding hydrogens is 574 g/mol. The summed E-state index contributed by atoms with van der Waals surface area (Å²) in [4.78, 5) is 15.6. The summed E-state index contributed by atoms with van der Waals surface area (Å²) in [6, 6.07) is 23.6. The van der Waals surface area contributed by atoms with Gasteiger partial charge in [0.15, 0.2) is 0 Å². The number of aromatic nitrogens is 2. The number of ether oxygens (including phenoxy) is 1. The summed E-state index contributed by atoms with van der Waals surface area (Å²) < 4.78 is 13.3. The summed E-state index contributed by atoms with van der Waals surface area (Å²) >= 11 is 7.00. The number of hydrogen-bond acceptors (Lipinski definition) is 5. The number of rotatable bonds is 8. The molecule has 4 rings (SSSR count). The number of nitrogens with zero attached hydrogens (tertiary/aromatic N) is 2. The maximum atomic E-state index is 11.2. The summed E-state index contributed by atoms with van der Waals surface area (Å²) in [5.74, 6) is 1.38. The van der Waals surface area contributed by atoms with Gasteiger partial charge in [0.05, 0.1) is 0 Å². The zero-order chi connectivity index (χ0) is 24.8. The highest BCUT2D eigenvalue weighted by molar-refractivity contribution is 9.10. The minimum Gasteiger partial charge on any atom is -0.490 e. The maximum Gasteiger partial charge on any atom is 0.249 e. The van der Waals surface area contributed by atoms with Crippen molar-refractivity contribution in [3.05, 3.63) is 105 Å². The Balaban J connectivity index is 1.46. The van der Waals surface area contributed by atoms with Gasteiger partial charge in [-0.15, -0.1) is 0 Å². The van der Waals surface area contributed by atoms with Gasteiger partial charge in [0.2, 0.25) is 17.6 Å². The smallest absolute Gasteiger partial charge is 0.249 e.